The molecule has 1 fully saturated rings. The number of aliphatic hydroxyl groups is 2. The van der Waals surface area contributed by atoms with E-state index >= 15 is 0 Å². The standard InChI is InChI=1S/C22H24ClN3O3.C4H6O6/c1-28-17-9-14(10-18(12-17)29-2)22(27)24-16-5-3-4-13(8-16)21-25-19-7-6-15(23)11-20(19)26-21;5-1(3(7)8)2(6)4(9)10/h6-7,9-13,16H,3-5,8H2,1-2H3,(H,24,27)(H,25,26);1-2,5-6H,(H,7,8)(H,9,10)/t13-,16+;/m0./s1. The van der Waals surface area contributed by atoms with E-state index in [0.29, 0.717) is 22.1 Å². The number of hydrogen-bond acceptors (Lipinski definition) is 8. The zero-order valence-electron chi connectivity index (χ0n) is 21.3. The predicted molar refractivity (Wildman–Crippen MR) is 140 cm³/mol. The summed E-state index contributed by atoms with van der Waals surface area (Å²) in [5, 5.41) is 36.4. The fourth-order valence-corrected chi connectivity index (χ4v) is 4.41. The predicted octanol–water partition coefficient (Wildman–Crippen LogP) is 2.57. The van der Waals surface area contributed by atoms with Crippen LogP contribution in [-0.4, -0.2) is 80.7 Å². The minimum atomic E-state index is -2.27. The summed E-state index contributed by atoms with van der Waals surface area (Å²) < 4.78 is 10.5. The molecule has 13 heteroatoms. The number of amides is 1. The molecule has 1 aliphatic rings. The van der Waals surface area contributed by atoms with Gasteiger partial charge in [-0.15, -0.1) is 0 Å². The minimum Gasteiger partial charge on any atom is -0.497 e. The van der Waals surface area contributed by atoms with E-state index in [1.165, 1.54) is 0 Å². The number of imidazole rings is 1. The van der Waals surface area contributed by atoms with Crippen LogP contribution in [0.1, 0.15) is 47.8 Å². The van der Waals surface area contributed by atoms with Gasteiger partial charge in [-0.2, -0.15) is 0 Å². The van der Waals surface area contributed by atoms with Crippen LogP contribution < -0.4 is 14.8 Å². The zero-order chi connectivity index (χ0) is 28.7. The number of carbonyl (C=O) groups is 3. The first-order valence-electron chi connectivity index (χ1n) is 12.0. The van der Waals surface area contributed by atoms with Crippen molar-refractivity contribution in [3.63, 3.8) is 0 Å². The lowest BCUT2D eigenvalue weighted by molar-refractivity contribution is -0.165. The average molecular weight is 564 g/mol. The molecular formula is C26H30ClN3O9. The SMILES string of the molecule is COc1cc(OC)cc(C(=O)N[C@@H]2CCC[C@H](c3nc4ccc(Cl)cc4[nH]3)C2)c1.O=C(O)C(O)C(O)C(=O)O. The fourth-order valence-electron chi connectivity index (χ4n) is 4.24. The number of H-pyrrole nitrogens is 1. The number of hydrogen-bond donors (Lipinski definition) is 6. The number of aromatic amines is 1. The maximum Gasteiger partial charge on any atom is 0.335 e. The van der Waals surface area contributed by atoms with Crippen LogP contribution in [0.5, 0.6) is 11.5 Å². The molecule has 0 aliphatic heterocycles. The number of aliphatic carboxylic acids is 2. The first-order valence-corrected chi connectivity index (χ1v) is 12.4. The van der Waals surface area contributed by atoms with Gasteiger partial charge in [0.25, 0.3) is 5.91 Å². The molecule has 1 amide bonds. The van der Waals surface area contributed by atoms with Crippen molar-refractivity contribution >= 4 is 40.5 Å². The van der Waals surface area contributed by atoms with E-state index in [4.69, 9.17) is 46.5 Å². The molecule has 4 atom stereocenters. The van der Waals surface area contributed by atoms with Gasteiger partial charge in [0, 0.05) is 28.6 Å². The van der Waals surface area contributed by atoms with Crippen molar-refractivity contribution in [2.45, 2.75) is 49.9 Å². The van der Waals surface area contributed by atoms with Crippen LogP contribution in [0.25, 0.3) is 11.0 Å². The molecule has 3 aromatic rings. The molecule has 2 unspecified atom stereocenters. The van der Waals surface area contributed by atoms with E-state index in [9.17, 15) is 14.4 Å². The summed E-state index contributed by atoms with van der Waals surface area (Å²) in [4.78, 5) is 40.5. The van der Waals surface area contributed by atoms with Gasteiger partial charge in [0.2, 0.25) is 0 Å². The van der Waals surface area contributed by atoms with Crippen LogP contribution in [0.4, 0.5) is 0 Å². The second-order valence-corrected chi connectivity index (χ2v) is 9.42. The fraction of sp³-hybridized carbons (Fsp3) is 0.385. The summed E-state index contributed by atoms with van der Waals surface area (Å²) in [6.07, 6.45) is -0.646. The molecule has 0 bridgehead atoms. The van der Waals surface area contributed by atoms with Crippen molar-refractivity contribution in [2.75, 3.05) is 14.2 Å². The summed E-state index contributed by atoms with van der Waals surface area (Å²) >= 11 is 6.08. The van der Waals surface area contributed by atoms with Gasteiger partial charge in [0.15, 0.2) is 12.2 Å². The van der Waals surface area contributed by atoms with Crippen LogP contribution in [0, 0.1) is 0 Å². The largest absolute Gasteiger partial charge is 0.497 e. The van der Waals surface area contributed by atoms with Crippen molar-refractivity contribution in [3.05, 3.63) is 52.8 Å². The smallest absolute Gasteiger partial charge is 0.335 e. The number of carboxylic acids is 2. The number of ether oxygens (including phenoxy) is 2. The topological polar surface area (TPSA) is 191 Å². The van der Waals surface area contributed by atoms with E-state index in [-0.39, 0.29) is 17.9 Å². The molecule has 39 heavy (non-hydrogen) atoms. The number of benzene rings is 2. The van der Waals surface area contributed by atoms with Gasteiger partial charge in [0.05, 0.1) is 25.3 Å². The van der Waals surface area contributed by atoms with Crippen LogP contribution in [0.3, 0.4) is 0 Å². The van der Waals surface area contributed by atoms with Gasteiger partial charge >= 0.3 is 11.9 Å². The highest BCUT2D eigenvalue weighted by Crippen LogP contribution is 2.33. The van der Waals surface area contributed by atoms with Crippen molar-refractivity contribution in [2.24, 2.45) is 0 Å². The molecule has 1 heterocycles. The first kappa shape index (κ1) is 29.7. The third kappa shape index (κ3) is 7.82. The number of aromatic nitrogens is 2. The number of carbonyl (C=O) groups excluding carboxylic acids is 1. The molecule has 1 aliphatic carbocycles. The van der Waals surface area contributed by atoms with Crippen LogP contribution >= 0.6 is 11.6 Å². The Morgan fingerprint density at radius 1 is 1.00 bits per heavy atom. The Morgan fingerprint density at radius 2 is 1.62 bits per heavy atom. The zero-order valence-corrected chi connectivity index (χ0v) is 22.0. The van der Waals surface area contributed by atoms with Gasteiger partial charge < -0.3 is 40.2 Å². The summed E-state index contributed by atoms with van der Waals surface area (Å²) in [5.41, 5.74) is 2.39. The molecule has 12 nitrogen and oxygen atoms in total. The summed E-state index contributed by atoms with van der Waals surface area (Å²) in [6.45, 7) is 0. The quantitative estimate of drug-likeness (QED) is 0.237. The molecule has 6 N–H and O–H groups in total. The third-order valence-electron chi connectivity index (χ3n) is 6.28. The summed E-state index contributed by atoms with van der Waals surface area (Å²) in [6, 6.07) is 11.0. The lowest BCUT2D eigenvalue weighted by atomic mass is 9.85. The number of nitrogens with zero attached hydrogens (tertiary/aromatic N) is 1. The Bertz CT molecular complexity index is 1290. The monoisotopic (exact) mass is 563 g/mol. The maximum absolute atomic E-state index is 12.8. The molecular weight excluding hydrogens is 534 g/mol. The molecule has 1 aromatic heterocycles. The molecule has 4 rings (SSSR count). The highest BCUT2D eigenvalue weighted by molar-refractivity contribution is 6.31. The normalized spacial score (nSPS) is 18.3. The number of rotatable bonds is 8. The molecule has 1 saturated carbocycles. The van der Waals surface area contributed by atoms with Gasteiger partial charge in [-0.25, -0.2) is 14.6 Å². The van der Waals surface area contributed by atoms with E-state index in [1.807, 2.05) is 18.2 Å². The Labute approximate surface area is 228 Å². The molecule has 0 spiro atoms. The number of carboxylic acid groups (broad SMARTS) is 2. The van der Waals surface area contributed by atoms with Gasteiger partial charge in [-0.1, -0.05) is 18.0 Å². The number of aliphatic hydroxyl groups excluding tert-OH is 2. The first-order chi connectivity index (χ1) is 18.5. The highest BCUT2D eigenvalue weighted by atomic mass is 35.5. The average Bonchev–Trinajstić information content (AvgIpc) is 3.35. The van der Waals surface area contributed by atoms with Crippen molar-refractivity contribution in [3.8, 4) is 11.5 Å². The molecule has 2 aromatic carbocycles. The lowest BCUT2D eigenvalue weighted by Gasteiger charge is -2.28. The minimum absolute atomic E-state index is 0.0928. The number of nitrogens with one attached hydrogen (secondary N) is 2. The molecule has 0 radical (unpaired) electrons. The third-order valence-corrected chi connectivity index (χ3v) is 6.51. The maximum atomic E-state index is 12.8. The van der Waals surface area contributed by atoms with E-state index in [0.717, 1.165) is 42.5 Å². The molecule has 210 valence electrons. The summed E-state index contributed by atoms with van der Waals surface area (Å²) in [7, 11) is 3.14. The number of halogens is 1. The Balaban J connectivity index is 0.000000360. The van der Waals surface area contributed by atoms with Gasteiger partial charge in [-0.05, 0) is 49.6 Å². The van der Waals surface area contributed by atoms with E-state index in [2.05, 4.69) is 10.3 Å². The van der Waals surface area contributed by atoms with E-state index < -0.39 is 24.1 Å². The second-order valence-electron chi connectivity index (χ2n) is 8.98. The highest BCUT2D eigenvalue weighted by Gasteiger charge is 2.29. The molecule has 0 saturated heterocycles. The van der Waals surface area contributed by atoms with Crippen LogP contribution in [-0.2, 0) is 9.59 Å². The van der Waals surface area contributed by atoms with Crippen molar-refractivity contribution < 1.29 is 44.3 Å². The Kier molecular flexibility index (Phi) is 10.1. The van der Waals surface area contributed by atoms with Crippen molar-refractivity contribution in [1.82, 2.24) is 15.3 Å². The number of fused-ring (bicyclic) bond motifs is 1. The van der Waals surface area contributed by atoms with Crippen LogP contribution in [0.2, 0.25) is 5.02 Å². The second kappa shape index (κ2) is 13.3. The summed E-state index contributed by atoms with van der Waals surface area (Å²) in [5.74, 6) is -1.23. The van der Waals surface area contributed by atoms with Crippen LogP contribution in [0.15, 0.2) is 36.4 Å². The van der Waals surface area contributed by atoms with Gasteiger partial charge in [0.1, 0.15) is 17.3 Å². The van der Waals surface area contributed by atoms with Gasteiger partial charge in [-0.3, -0.25) is 4.79 Å². The van der Waals surface area contributed by atoms with E-state index in [1.54, 1.807) is 32.4 Å². The lowest BCUT2D eigenvalue weighted by Crippen LogP contribution is -2.39. The Morgan fingerprint density at radius 3 is 2.18 bits per heavy atom. The number of methoxy groups -OCH3 is 2. The Hall–Kier alpha value is -3.87. The van der Waals surface area contributed by atoms with Crippen molar-refractivity contribution in [1.29, 1.82) is 0 Å².